The van der Waals surface area contributed by atoms with Crippen LogP contribution in [0.25, 0.3) is 0 Å². The van der Waals surface area contributed by atoms with Gasteiger partial charge in [-0.2, -0.15) is 13.2 Å². The van der Waals surface area contributed by atoms with Gasteiger partial charge in [0.15, 0.2) is 0 Å². The van der Waals surface area contributed by atoms with Gasteiger partial charge in [0.25, 0.3) is 10.0 Å². The van der Waals surface area contributed by atoms with Crippen molar-refractivity contribution in [3.05, 3.63) is 36.4 Å². The van der Waals surface area contributed by atoms with Crippen LogP contribution in [0.15, 0.2) is 41.3 Å². The maximum atomic E-state index is 12.4. The normalized spacial score (nSPS) is 12.8. The first kappa shape index (κ1) is 15.6. The van der Waals surface area contributed by atoms with Crippen molar-refractivity contribution in [3.63, 3.8) is 0 Å². The lowest BCUT2D eigenvalue weighted by atomic mass is 10.3. The van der Waals surface area contributed by atoms with Crippen molar-refractivity contribution in [2.75, 3.05) is 0 Å². The Labute approximate surface area is 108 Å². The van der Waals surface area contributed by atoms with Crippen LogP contribution in [-0.2, 0) is 21.3 Å². The lowest BCUT2D eigenvalue weighted by Crippen LogP contribution is -2.25. The zero-order valence-corrected chi connectivity index (χ0v) is 10.4. The minimum Gasteiger partial charge on any atom is -0.759 e. The maximum Gasteiger partial charge on any atom is 0.344 e. The van der Waals surface area contributed by atoms with Gasteiger partial charge in [0.1, 0.15) is 5.75 Å². The summed E-state index contributed by atoms with van der Waals surface area (Å²) >= 11 is -3.04. The first-order valence-electron chi connectivity index (χ1n) is 4.33. The molecular weight excluding hydrogens is 311 g/mol. The lowest BCUT2D eigenvalue weighted by molar-refractivity contribution is 0.241. The Morgan fingerprint density at radius 3 is 2.16 bits per heavy atom. The monoisotopic (exact) mass is 316 g/mol. The zero-order valence-electron chi connectivity index (χ0n) is 8.80. The smallest absolute Gasteiger partial charge is 0.344 e. The van der Waals surface area contributed by atoms with Crippen LogP contribution in [0, 0.1) is 0 Å². The molecule has 1 aromatic rings. The number of sulfonamides is 1. The van der Waals surface area contributed by atoms with Gasteiger partial charge in [0.2, 0.25) is 0 Å². The Hall–Kier alpha value is -1.43. The summed E-state index contributed by atoms with van der Waals surface area (Å²) in [5, 5.41) is 0. The van der Waals surface area contributed by atoms with Crippen LogP contribution in [-0.4, -0.2) is 17.2 Å². The summed E-state index contributed by atoms with van der Waals surface area (Å²) in [5.41, 5.74) is 0. The fourth-order valence-corrected chi connectivity index (χ4v) is 2.56. The van der Waals surface area contributed by atoms with Crippen LogP contribution in [0.2, 0.25) is 0 Å². The highest BCUT2D eigenvalue weighted by molar-refractivity contribution is 8.00. The van der Waals surface area contributed by atoms with E-state index in [2.05, 4.69) is 4.74 Å². The molecule has 0 bridgehead atoms. The van der Waals surface area contributed by atoms with Crippen molar-refractivity contribution in [1.82, 2.24) is 4.13 Å². The van der Waals surface area contributed by atoms with Crippen LogP contribution in [0.5, 0.6) is 5.75 Å². The summed E-state index contributed by atoms with van der Waals surface area (Å²) < 4.78 is 84.3. The molecule has 0 radical (unpaired) electrons. The molecule has 19 heavy (non-hydrogen) atoms. The van der Waals surface area contributed by atoms with E-state index in [0.717, 1.165) is 24.3 Å². The zero-order chi connectivity index (χ0) is 14.6. The molecule has 1 unspecified atom stereocenters. The quantitative estimate of drug-likeness (QED) is 0.650. The van der Waals surface area contributed by atoms with Crippen molar-refractivity contribution in [3.8, 4) is 5.75 Å². The van der Waals surface area contributed by atoms with Gasteiger partial charge in [-0.3, -0.25) is 4.21 Å². The van der Waals surface area contributed by atoms with Gasteiger partial charge < -0.3 is 9.29 Å². The Balaban J connectivity index is 2.94. The van der Waals surface area contributed by atoms with E-state index in [-0.39, 0.29) is 5.75 Å². The van der Waals surface area contributed by atoms with E-state index in [0.29, 0.717) is 0 Å². The summed E-state index contributed by atoms with van der Waals surface area (Å²) in [5.74, 6) is -0.382. The lowest BCUT2D eigenvalue weighted by Gasteiger charge is -2.08. The van der Waals surface area contributed by atoms with Gasteiger partial charge in [-0.25, -0.2) is 8.42 Å². The second kappa shape index (κ2) is 6.14. The summed E-state index contributed by atoms with van der Waals surface area (Å²) in [7, 11) is -4.29. The van der Waals surface area contributed by atoms with E-state index >= 15 is 0 Å². The minimum absolute atomic E-state index is 0.382. The van der Waals surface area contributed by atoms with Crippen molar-refractivity contribution in [1.29, 1.82) is 0 Å². The molecule has 0 heterocycles. The summed E-state index contributed by atoms with van der Waals surface area (Å²) in [4.78, 5) is -0.464. The first-order chi connectivity index (χ1) is 8.72. The first-order valence-corrected chi connectivity index (χ1v) is 6.88. The Morgan fingerprint density at radius 1 is 1.21 bits per heavy atom. The van der Waals surface area contributed by atoms with Crippen molar-refractivity contribution in [2.24, 2.45) is 0 Å². The fraction of sp³-hybridized carbons (Fsp3) is 0. The molecule has 0 amide bonds. The van der Waals surface area contributed by atoms with Gasteiger partial charge in [-0.05, 0) is 24.3 Å². The molecule has 0 fully saturated rings. The molecule has 1 aromatic carbocycles. The van der Waals surface area contributed by atoms with Crippen LogP contribution < -0.4 is 8.86 Å². The summed E-state index contributed by atoms with van der Waals surface area (Å²) in [6, 6.07) is 1.35. The van der Waals surface area contributed by atoms with E-state index in [1.165, 1.54) is 4.13 Å². The second-order valence-electron chi connectivity index (χ2n) is 2.93. The molecule has 1 rings (SSSR count). The molecule has 11 heteroatoms. The third kappa shape index (κ3) is 4.63. The number of nitrogens with one attached hydrogen (secondary N) is 1. The van der Waals surface area contributed by atoms with Crippen LogP contribution in [0.4, 0.5) is 13.2 Å². The molecule has 1 N–H and O–H groups in total. The van der Waals surface area contributed by atoms with Crippen LogP contribution >= 0.6 is 0 Å². The number of halogens is 3. The van der Waals surface area contributed by atoms with Crippen molar-refractivity contribution < 1.29 is 35.1 Å². The summed E-state index contributed by atoms with van der Waals surface area (Å²) in [6.45, 7) is 0. The number of rotatable bonds is 5. The highest BCUT2D eigenvalue weighted by Gasteiger charge is 2.14. The highest BCUT2D eigenvalue weighted by Crippen LogP contribution is 2.20. The molecular formula is C8H5F3NO5S2-. The van der Waals surface area contributed by atoms with E-state index in [4.69, 9.17) is 0 Å². The van der Waals surface area contributed by atoms with Gasteiger partial charge in [-0.1, -0.05) is 0 Å². The Kier molecular flexibility index (Phi) is 5.05. The average Bonchev–Trinajstić information content (AvgIpc) is 2.27. The average molecular weight is 316 g/mol. The third-order valence-electron chi connectivity index (χ3n) is 1.67. The predicted octanol–water partition coefficient (Wildman–Crippen LogP) is 1.17. The predicted molar refractivity (Wildman–Crippen MR) is 56.7 cm³/mol. The van der Waals surface area contributed by atoms with Crippen molar-refractivity contribution in [2.45, 2.75) is 4.90 Å². The molecule has 0 aliphatic carbocycles. The van der Waals surface area contributed by atoms with Gasteiger partial charge >= 0.3 is 12.1 Å². The van der Waals surface area contributed by atoms with Crippen LogP contribution in [0.3, 0.4) is 0 Å². The number of benzene rings is 1. The van der Waals surface area contributed by atoms with Crippen LogP contribution in [0.1, 0.15) is 0 Å². The molecule has 0 spiro atoms. The van der Waals surface area contributed by atoms with Crippen molar-refractivity contribution >= 4 is 21.3 Å². The van der Waals surface area contributed by atoms with E-state index < -0.39 is 38.3 Å². The van der Waals surface area contributed by atoms with E-state index in [9.17, 15) is 30.4 Å². The molecule has 0 saturated heterocycles. The van der Waals surface area contributed by atoms with E-state index in [1.54, 1.807) is 0 Å². The van der Waals surface area contributed by atoms with Gasteiger partial charge in [0.05, 0.1) is 4.90 Å². The highest BCUT2D eigenvalue weighted by atomic mass is 32.3. The molecule has 0 aliphatic rings. The summed E-state index contributed by atoms with van der Waals surface area (Å²) in [6.07, 6.45) is -2.67. The topological polar surface area (TPSA) is 95.5 Å². The second-order valence-corrected chi connectivity index (χ2v) is 5.54. The molecule has 0 aliphatic heterocycles. The van der Waals surface area contributed by atoms with Gasteiger partial charge in [-0.15, -0.1) is 4.13 Å². The molecule has 6 nitrogen and oxygen atoms in total. The SMILES string of the molecule is O=S([O-])NS(=O)(=O)c1ccc(OC(F)=C(F)F)cc1. The third-order valence-corrected chi connectivity index (χ3v) is 3.98. The Bertz CT molecular complexity index is 610. The maximum absolute atomic E-state index is 12.4. The minimum atomic E-state index is -4.29. The van der Waals surface area contributed by atoms with Gasteiger partial charge in [0, 0.05) is 11.3 Å². The fourth-order valence-electron chi connectivity index (χ4n) is 0.967. The molecule has 0 aromatic heterocycles. The number of hydrogen-bond acceptors (Lipinski definition) is 5. The molecule has 0 saturated carbocycles. The Morgan fingerprint density at radius 2 is 1.74 bits per heavy atom. The number of ether oxygens (including phenoxy) is 1. The molecule has 106 valence electrons. The largest absolute Gasteiger partial charge is 0.759 e. The standard InChI is InChI=1S/C8H6F3NO5S2/c9-7(10)8(11)17-5-1-3-6(4-2-5)19(15,16)12-18(13)14/h1-4,12H,(H,13,14)/p-1. The number of hydrogen-bond donors (Lipinski definition) is 1. The van der Waals surface area contributed by atoms with E-state index in [1.807, 2.05) is 0 Å². The molecule has 1 atom stereocenters.